The van der Waals surface area contributed by atoms with Crippen molar-refractivity contribution in [2.75, 3.05) is 11.1 Å². The Bertz CT molecular complexity index is 1080. The molecule has 0 atom stereocenters. The second kappa shape index (κ2) is 6.15. The molecule has 0 fully saturated rings. The summed E-state index contributed by atoms with van der Waals surface area (Å²) in [6.45, 7) is 6.27. The number of aromatic amines is 1. The van der Waals surface area contributed by atoms with E-state index < -0.39 is 0 Å². The monoisotopic (exact) mass is 344 g/mol. The van der Waals surface area contributed by atoms with Crippen molar-refractivity contribution < 1.29 is 0 Å². The summed E-state index contributed by atoms with van der Waals surface area (Å²) >= 11 is 0. The third kappa shape index (κ3) is 2.75. The molecule has 0 saturated carbocycles. The van der Waals surface area contributed by atoms with Gasteiger partial charge >= 0.3 is 0 Å². The summed E-state index contributed by atoms with van der Waals surface area (Å²) < 4.78 is 0. The first-order valence-corrected chi connectivity index (χ1v) is 8.45. The van der Waals surface area contributed by atoms with Crippen molar-refractivity contribution in [1.29, 1.82) is 0 Å². The Morgan fingerprint density at radius 3 is 2.35 bits per heavy atom. The number of fused-ring (bicyclic) bond motifs is 1. The molecule has 0 radical (unpaired) electrons. The highest BCUT2D eigenvalue weighted by Crippen LogP contribution is 2.34. The molecule has 0 aliphatic carbocycles. The van der Waals surface area contributed by atoms with E-state index in [2.05, 4.69) is 58.4 Å². The third-order valence-electron chi connectivity index (χ3n) is 4.40. The number of nitrogens with zero attached hydrogens (tertiary/aromatic N) is 3. The van der Waals surface area contributed by atoms with E-state index in [1.165, 1.54) is 5.56 Å². The molecule has 6 heteroatoms. The van der Waals surface area contributed by atoms with Gasteiger partial charge in [0.1, 0.15) is 0 Å². The number of nitrogens with one attached hydrogen (secondary N) is 2. The molecule has 26 heavy (non-hydrogen) atoms. The van der Waals surface area contributed by atoms with E-state index in [9.17, 15) is 0 Å². The molecule has 0 aliphatic heterocycles. The van der Waals surface area contributed by atoms with E-state index in [1.54, 1.807) is 0 Å². The Kier molecular flexibility index (Phi) is 3.80. The zero-order chi connectivity index (χ0) is 18.3. The number of nitrogens with two attached hydrogens (primary N) is 1. The molecule has 0 unspecified atom stereocenters. The third-order valence-corrected chi connectivity index (χ3v) is 4.40. The van der Waals surface area contributed by atoms with Crippen LogP contribution in [-0.4, -0.2) is 20.2 Å². The van der Waals surface area contributed by atoms with Crippen molar-refractivity contribution in [3.8, 4) is 11.3 Å². The first-order chi connectivity index (χ1) is 12.5. The smallest absolute Gasteiger partial charge is 0.222 e. The first kappa shape index (κ1) is 16.1. The molecule has 0 bridgehead atoms. The molecule has 0 spiro atoms. The van der Waals surface area contributed by atoms with Crippen LogP contribution < -0.4 is 11.1 Å². The van der Waals surface area contributed by atoms with Gasteiger partial charge in [-0.15, -0.1) is 0 Å². The van der Waals surface area contributed by atoms with Crippen LogP contribution in [0.15, 0.2) is 42.5 Å². The second-order valence-electron chi connectivity index (χ2n) is 6.49. The minimum absolute atomic E-state index is 0.217. The van der Waals surface area contributed by atoms with Crippen LogP contribution in [-0.2, 0) is 0 Å². The summed E-state index contributed by atoms with van der Waals surface area (Å²) in [5.41, 5.74) is 12.8. The maximum atomic E-state index is 5.90. The van der Waals surface area contributed by atoms with E-state index in [0.717, 1.165) is 33.5 Å². The standard InChI is InChI=1S/C20H20N6/c1-11-9-12(2)16(13(3)10-11)22-18-15-17(14-7-5-4-6-8-14)23-20(21)24-19(15)26-25-18/h4-10H,1-3H3,(H4,21,22,23,24,25,26). The van der Waals surface area contributed by atoms with Gasteiger partial charge in [-0.1, -0.05) is 48.0 Å². The molecule has 130 valence electrons. The van der Waals surface area contributed by atoms with Crippen LogP contribution in [0.3, 0.4) is 0 Å². The lowest BCUT2D eigenvalue weighted by atomic mass is 10.0. The van der Waals surface area contributed by atoms with E-state index in [0.29, 0.717) is 11.5 Å². The van der Waals surface area contributed by atoms with E-state index >= 15 is 0 Å². The van der Waals surface area contributed by atoms with E-state index in [1.807, 2.05) is 30.3 Å². The van der Waals surface area contributed by atoms with Crippen molar-refractivity contribution in [2.45, 2.75) is 20.8 Å². The quantitative estimate of drug-likeness (QED) is 0.516. The maximum Gasteiger partial charge on any atom is 0.222 e. The van der Waals surface area contributed by atoms with Gasteiger partial charge in [-0.2, -0.15) is 10.1 Å². The van der Waals surface area contributed by atoms with Crippen LogP contribution in [0.1, 0.15) is 16.7 Å². The van der Waals surface area contributed by atoms with Gasteiger partial charge in [0.05, 0.1) is 11.1 Å². The average Bonchev–Trinajstić information content (AvgIpc) is 3.00. The van der Waals surface area contributed by atoms with Crippen molar-refractivity contribution in [3.05, 3.63) is 59.2 Å². The van der Waals surface area contributed by atoms with Crippen molar-refractivity contribution >= 4 is 28.5 Å². The van der Waals surface area contributed by atoms with Crippen molar-refractivity contribution in [1.82, 2.24) is 20.2 Å². The highest BCUT2D eigenvalue weighted by Gasteiger charge is 2.17. The molecule has 6 nitrogen and oxygen atoms in total. The Balaban J connectivity index is 1.90. The summed E-state index contributed by atoms with van der Waals surface area (Å²) in [4.78, 5) is 8.76. The molecule has 2 aromatic carbocycles. The van der Waals surface area contributed by atoms with Gasteiger partial charge < -0.3 is 11.1 Å². The lowest BCUT2D eigenvalue weighted by molar-refractivity contribution is 1.09. The zero-order valence-electron chi connectivity index (χ0n) is 15.0. The molecule has 4 N–H and O–H groups in total. The zero-order valence-corrected chi connectivity index (χ0v) is 15.0. The van der Waals surface area contributed by atoms with Gasteiger partial charge in [-0.3, -0.25) is 5.10 Å². The van der Waals surface area contributed by atoms with Crippen LogP contribution in [0.4, 0.5) is 17.5 Å². The SMILES string of the molecule is Cc1cc(C)c(Nc2n[nH]c3nc(N)nc(-c4ccccc4)c23)c(C)c1. The molecular formula is C20H20N6. The van der Waals surface area contributed by atoms with Crippen LogP contribution in [0.2, 0.25) is 0 Å². The minimum Gasteiger partial charge on any atom is -0.368 e. The molecule has 0 aliphatic rings. The van der Waals surface area contributed by atoms with Crippen molar-refractivity contribution in [3.63, 3.8) is 0 Å². The second-order valence-corrected chi connectivity index (χ2v) is 6.49. The van der Waals surface area contributed by atoms with E-state index in [-0.39, 0.29) is 5.95 Å². The summed E-state index contributed by atoms with van der Waals surface area (Å²) in [6, 6.07) is 14.2. The van der Waals surface area contributed by atoms with E-state index in [4.69, 9.17) is 5.73 Å². The number of nitrogen functional groups attached to an aromatic ring is 1. The Labute approximate surface area is 151 Å². The summed E-state index contributed by atoms with van der Waals surface area (Å²) in [7, 11) is 0. The summed E-state index contributed by atoms with van der Waals surface area (Å²) in [5, 5.41) is 11.7. The lowest BCUT2D eigenvalue weighted by Crippen LogP contribution is -2.00. The largest absolute Gasteiger partial charge is 0.368 e. The highest BCUT2D eigenvalue weighted by atomic mass is 15.2. The minimum atomic E-state index is 0.217. The molecule has 2 aromatic heterocycles. The van der Waals surface area contributed by atoms with Crippen LogP contribution in [0, 0.1) is 20.8 Å². The van der Waals surface area contributed by atoms with Gasteiger partial charge in [0.15, 0.2) is 11.5 Å². The maximum absolute atomic E-state index is 5.90. The molecule has 4 rings (SSSR count). The summed E-state index contributed by atoms with van der Waals surface area (Å²) in [5.74, 6) is 0.906. The van der Waals surface area contributed by atoms with Crippen molar-refractivity contribution in [2.24, 2.45) is 0 Å². The Morgan fingerprint density at radius 1 is 0.962 bits per heavy atom. The normalized spacial score (nSPS) is 11.0. The van der Waals surface area contributed by atoms with Crippen LogP contribution in [0.25, 0.3) is 22.3 Å². The number of H-pyrrole nitrogens is 1. The molecular weight excluding hydrogens is 324 g/mol. The van der Waals surface area contributed by atoms with Crippen LogP contribution in [0.5, 0.6) is 0 Å². The fourth-order valence-electron chi connectivity index (χ4n) is 3.34. The fraction of sp³-hybridized carbons (Fsp3) is 0.150. The summed E-state index contributed by atoms with van der Waals surface area (Å²) in [6.07, 6.45) is 0. The highest BCUT2D eigenvalue weighted by molar-refractivity contribution is 6.00. The van der Waals surface area contributed by atoms with Crippen LogP contribution >= 0.6 is 0 Å². The average molecular weight is 344 g/mol. The molecule has 0 saturated heterocycles. The van der Waals surface area contributed by atoms with Gasteiger partial charge in [0, 0.05) is 11.3 Å². The predicted molar refractivity (Wildman–Crippen MR) is 105 cm³/mol. The first-order valence-electron chi connectivity index (χ1n) is 8.45. The molecule has 0 amide bonds. The lowest BCUT2D eigenvalue weighted by Gasteiger charge is -2.13. The Morgan fingerprint density at radius 2 is 1.65 bits per heavy atom. The van der Waals surface area contributed by atoms with Gasteiger partial charge in [-0.05, 0) is 31.9 Å². The van der Waals surface area contributed by atoms with Gasteiger partial charge in [0.2, 0.25) is 5.95 Å². The number of aromatic nitrogens is 4. The number of rotatable bonds is 3. The Hall–Kier alpha value is -3.41. The molecule has 2 heterocycles. The topological polar surface area (TPSA) is 92.5 Å². The number of anilines is 3. The number of benzene rings is 2. The fourth-order valence-corrected chi connectivity index (χ4v) is 3.34. The van der Waals surface area contributed by atoms with Gasteiger partial charge in [-0.25, -0.2) is 4.98 Å². The number of hydrogen-bond acceptors (Lipinski definition) is 5. The molecule has 4 aromatic rings. The van der Waals surface area contributed by atoms with Gasteiger partial charge in [0.25, 0.3) is 0 Å². The predicted octanol–water partition coefficient (Wildman–Crippen LogP) is 4.27. The number of aryl methyl sites for hydroxylation is 3. The number of hydrogen-bond donors (Lipinski definition) is 3.